The van der Waals surface area contributed by atoms with E-state index in [0.29, 0.717) is 36.7 Å². The molecule has 0 spiro atoms. The van der Waals surface area contributed by atoms with Crippen molar-refractivity contribution < 1.29 is 33.4 Å². The molecule has 0 saturated heterocycles. The summed E-state index contributed by atoms with van der Waals surface area (Å²) in [6.07, 6.45) is 2.60. The number of nitrogens with one attached hydrogen (secondary N) is 2. The molecular formula is C34H41N5O7. The molecule has 2 heterocycles. The van der Waals surface area contributed by atoms with Gasteiger partial charge in [0.1, 0.15) is 11.6 Å². The van der Waals surface area contributed by atoms with Crippen molar-refractivity contribution in [1.29, 1.82) is 0 Å². The second kappa shape index (κ2) is 16.5. The van der Waals surface area contributed by atoms with Gasteiger partial charge >= 0.3 is 5.97 Å². The van der Waals surface area contributed by atoms with Crippen LogP contribution >= 0.6 is 0 Å². The van der Waals surface area contributed by atoms with Gasteiger partial charge in [-0.25, -0.2) is 9.97 Å². The Bertz CT molecular complexity index is 1520. The van der Waals surface area contributed by atoms with Crippen LogP contribution in [0.1, 0.15) is 41.5 Å². The van der Waals surface area contributed by atoms with Gasteiger partial charge in [-0.05, 0) is 50.8 Å². The van der Waals surface area contributed by atoms with E-state index in [1.807, 2.05) is 36.4 Å². The first-order chi connectivity index (χ1) is 22.2. The summed E-state index contributed by atoms with van der Waals surface area (Å²) in [4.78, 5) is 63.9. The second-order valence-corrected chi connectivity index (χ2v) is 11.1. The summed E-state index contributed by atoms with van der Waals surface area (Å²) in [6.45, 7) is 3.53. The summed E-state index contributed by atoms with van der Waals surface area (Å²) in [5.41, 5.74) is 1.02. The van der Waals surface area contributed by atoms with E-state index in [9.17, 15) is 19.2 Å². The third kappa shape index (κ3) is 9.10. The molecule has 1 aliphatic rings. The number of benzene rings is 2. The van der Waals surface area contributed by atoms with E-state index in [1.165, 1.54) is 11.1 Å². The van der Waals surface area contributed by atoms with Gasteiger partial charge in [-0.15, -0.1) is 0 Å². The van der Waals surface area contributed by atoms with Crippen LogP contribution in [0.15, 0.2) is 60.8 Å². The number of rotatable bonds is 8. The summed E-state index contributed by atoms with van der Waals surface area (Å²) in [7, 11) is 1.59. The zero-order valence-corrected chi connectivity index (χ0v) is 26.5. The number of hydrogen-bond donors (Lipinski definition) is 2. The molecule has 0 fully saturated rings. The molecule has 4 rings (SSSR count). The van der Waals surface area contributed by atoms with Gasteiger partial charge in [-0.3, -0.25) is 19.2 Å². The molecule has 12 nitrogen and oxygen atoms in total. The first-order valence-electron chi connectivity index (χ1n) is 15.3. The van der Waals surface area contributed by atoms with Crippen molar-refractivity contribution in [2.75, 3.05) is 53.1 Å². The Kier molecular flexibility index (Phi) is 12.2. The molecule has 3 amide bonds. The summed E-state index contributed by atoms with van der Waals surface area (Å²) >= 11 is 0. The number of hydrogen-bond acceptors (Lipinski definition) is 9. The third-order valence-electron chi connectivity index (χ3n) is 7.66. The maximum absolute atomic E-state index is 14.0. The standard InChI is InChI=1S/C34H41N5O7/c1-4-45-33(43)34(14-9-17-44-3)19-25-10-8-13-27(18-25)46-22-30(41)35-15-16-39(21-29(40)37-23-34)32(42)28-20-36-24(2)38-31(28)26-11-6-5-7-12-26/h5-8,10-13,18,20H,4,9,14-17,19,21-23H2,1-3H3,(H,35,41)(H,37,40). The van der Waals surface area contributed by atoms with Crippen LogP contribution in [0.2, 0.25) is 0 Å². The smallest absolute Gasteiger partial charge is 0.314 e. The van der Waals surface area contributed by atoms with E-state index in [0.717, 1.165) is 11.1 Å². The van der Waals surface area contributed by atoms with Gasteiger partial charge < -0.3 is 29.7 Å². The Morgan fingerprint density at radius 2 is 1.87 bits per heavy atom. The van der Waals surface area contributed by atoms with Crippen molar-refractivity contribution in [3.63, 3.8) is 0 Å². The van der Waals surface area contributed by atoms with Crippen molar-refractivity contribution >= 4 is 23.7 Å². The molecule has 244 valence electrons. The van der Waals surface area contributed by atoms with Gasteiger partial charge in [-0.1, -0.05) is 42.5 Å². The number of aryl methyl sites for hydroxylation is 1. The normalized spacial score (nSPS) is 17.8. The third-order valence-corrected chi connectivity index (χ3v) is 7.66. The van der Waals surface area contributed by atoms with Crippen molar-refractivity contribution in [2.45, 2.75) is 33.1 Å². The second-order valence-electron chi connectivity index (χ2n) is 11.1. The van der Waals surface area contributed by atoms with E-state index in [1.54, 1.807) is 39.2 Å². The SMILES string of the molecule is CCOC(=O)C1(CCCOC)CNC(=O)CN(C(=O)c2cnc(C)nc2-c2ccccc2)CCNC(=O)COc2cccc(c2)C1. The largest absolute Gasteiger partial charge is 0.484 e. The zero-order valence-electron chi connectivity index (χ0n) is 26.5. The van der Waals surface area contributed by atoms with Crippen LogP contribution in [0.3, 0.4) is 0 Å². The van der Waals surface area contributed by atoms with Gasteiger partial charge in [0, 0.05) is 45.1 Å². The lowest BCUT2D eigenvalue weighted by atomic mass is 9.77. The topological polar surface area (TPSA) is 149 Å². The molecule has 12 heteroatoms. The predicted molar refractivity (Wildman–Crippen MR) is 170 cm³/mol. The lowest BCUT2D eigenvalue weighted by Gasteiger charge is -2.32. The Morgan fingerprint density at radius 1 is 1.07 bits per heavy atom. The fraction of sp³-hybridized carbons (Fsp3) is 0.412. The van der Waals surface area contributed by atoms with Gasteiger partial charge in [-0.2, -0.15) is 0 Å². The van der Waals surface area contributed by atoms with E-state index in [-0.39, 0.29) is 51.4 Å². The van der Waals surface area contributed by atoms with Crippen molar-refractivity contribution in [1.82, 2.24) is 25.5 Å². The van der Waals surface area contributed by atoms with E-state index >= 15 is 0 Å². The highest BCUT2D eigenvalue weighted by atomic mass is 16.5. The summed E-state index contributed by atoms with van der Waals surface area (Å²) in [5, 5.41) is 5.66. The number of carbonyl (C=O) groups is 4. The molecule has 2 aromatic carbocycles. The highest BCUT2D eigenvalue weighted by Gasteiger charge is 2.40. The highest BCUT2D eigenvalue weighted by Crippen LogP contribution is 2.32. The van der Waals surface area contributed by atoms with E-state index in [2.05, 4.69) is 20.6 Å². The Labute approximate surface area is 268 Å². The number of fused-ring (bicyclic) bond motifs is 2. The van der Waals surface area contributed by atoms with Gasteiger partial charge in [0.2, 0.25) is 5.91 Å². The molecule has 1 atom stereocenters. The molecule has 46 heavy (non-hydrogen) atoms. The number of aromatic nitrogens is 2. The summed E-state index contributed by atoms with van der Waals surface area (Å²) in [6, 6.07) is 16.4. The van der Waals surface area contributed by atoms with Crippen LogP contribution in [-0.2, 0) is 30.3 Å². The molecule has 3 aromatic rings. The lowest BCUT2D eigenvalue weighted by Crippen LogP contribution is -2.49. The molecule has 0 radical (unpaired) electrons. The first-order valence-corrected chi connectivity index (χ1v) is 15.3. The number of carbonyl (C=O) groups excluding carboxylic acids is 4. The Balaban J connectivity index is 1.68. The van der Waals surface area contributed by atoms with E-state index in [4.69, 9.17) is 14.2 Å². The first kappa shape index (κ1) is 34.0. The fourth-order valence-electron chi connectivity index (χ4n) is 5.35. The molecular weight excluding hydrogens is 590 g/mol. The van der Waals surface area contributed by atoms with Crippen LogP contribution in [0.25, 0.3) is 11.3 Å². The van der Waals surface area contributed by atoms with Crippen LogP contribution in [0.4, 0.5) is 0 Å². The average Bonchev–Trinajstić information content (AvgIpc) is 3.06. The molecule has 2 N–H and O–H groups in total. The minimum Gasteiger partial charge on any atom is -0.484 e. The predicted octanol–water partition coefficient (Wildman–Crippen LogP) is 2.74. The summed E-state index contributed by atoms with van der Waals surface area (Å²) in [5.74, 6) is -0.843. The van der Waals surface area contributed by atoms with Crippen LogP contribution in [-0.4, -0.2) is 91.7 Å². The minimum atomic E-state index is -1.13. The van der Waals surface area contributed by atoms with E-state index < -0.39 is 29.1 Å². The maximum atomic E-state index is 14.0. The molecule has 1 aliphatic heterocycles. The molecule has 1 aromatic heterocycles. The monoisotopic (exact) mass is 631 g/mol. The Hall–Kier alpha value is -4.84. The van der Waals surface area contributed by atoms with Crippen molar-refractivity contribution in [3.8, 4) is 17.0 Å². The fourth-order valence-corrected chi connectivity index (χ4v) is 5.35. The molecule has 2 bridgehead atoms. The highest BCUT2D eigenvalue weighted by molar-refractivity contribution is 6.01. The minimum absolute atomic E-state index is 0.0203. The van der Waals surface area contributed by atoms with Gasteiger partial charge in [0.15, 0.2) is 6.61 Å². The van der Waals surface area contributed by atoms with Gasteiger partial charge in [0.25, 0.3) is 11.8 Å². The number of amides is 3. The quantitative estimate of drug-likeness (QED) is 0.283. The van der Waals surface area contributed by atoms with Crippen molar-refractivity contribution in [3.05, 3.63) is 77.7 Å². The summed E-state index contributed by atoms with van der Waals surface area (Å²) < 4.78 is 16.6. The zero-order chi connectivity index (χ0) is 32.9. The number of methoxy groups -OCH3 is 1. The molecule has 0 aliphatic carbocycles. The maximum Gasteiger partial charge on any atom is 0.314 e. The number of esters is 1. The lowest BCUT2D eigenvalue weighted by molar-refractivity contribution is -0.156. The molecule has 0 saturated carbocycles. The van der Waals surface area contributed by atoms with Crippen LogP contribution in [0.5, 0.6) is 5.75 Å². The van der Waals surface area contributed by atoms with Gasteiger partial charge in [0.05, 0.1) is 29.8 Å². The molecule has 1 unspecified atom stereocenters. The van der Waals surface area contributed by atoms with Crippen LogP contribution < -0.4 is 15.4 Å². The Morgan fingerprint density at radius 3 is 2.63 bits per heavy atom. The van der Waals surface area contributed by atoms with Crippen molar-refractivity contribution in [2.24, 2.45) is 5.41 Å². The number of ether oxygens (including phenoxy) is 3. The number of nitrogens with zero attached hydrogens (tertiary/aromatic N) is 3. The average molecular weight is 632 g/mol. The van der Waals surface area contributed by atoms with Crippen LogP contribution in [0, 0.1) is 12.3 Å².